The Hall–Kier alpha value is -2.38. The number of carbonyl (C=O) groups excluding carboxylic acids is 3. The zero-order valence-corrected chi connectivity index (χ0v) is 13.1. The van der Waals surface area contributed by atoms with Gasteiger partial charge in [0.05, 0.1) is 6.33 Å². The van der Waals surface area contributed by atoms with Crippen molar-refractivity contribution in [1.82, 2.24) is 25.1 Å². The molecular weight excluding hydrogens is 298 g/mol. The van der Waals surface area contributed by atoms with Crippen LogP contribution >= 0.6 is 0 Å². The molecule has 23 heavy (non-hydrogen) atoms. The maximum atomic E-state index is 12.4. The van der Waals surface area contributed by atoms with E-state index in [1.807, 2.05) is 10.8 Å². The number of hydrogen-bond acceptors (Lipinski definition) is 4. The Morgan fingerprint density at radius 1 is 1.48 bits per heavy atom. The summed E-state index contributed by atoms with van der Waals surface area (Å²) in [4.78, 5) is 41.3. The first kappa shape index (κ1) is 15.5. The predicted molar refractivity (Wildman–Crippen MR) is 81.2 cm³/mol. The van der Waals surface area contributed by atoms with E-state index in [1.165, 1.54) is 0 Å². The number of imide groups is 1. The molecule has 1 saturated carbocycles. The first-order valence-electron chi connectivity index (χ1n) is 7.87. The first-order valence-corrected chi connectivity index (χ1v) is 7.87. The van der Waals surface area contributed by atoms with E-state index in [4.69, 9.17) is 0 Å². The third-order valence-corrected chi connectivity index (χ3v) is 4.47. The number of imidazole rings is 1. The molecule has 1 aromatic heterocycles. The zero-order chi connectivity index (χ0) is 16.4. The summed E-state index contributed by atoms with van der Waals surface area (Å²) in [6.45, 7) is 2.76. The fraction of sp³-hybridized carbons (Fsp3) is 0.600. The van der Waals surface area contributed by atoms with E-state index in [0.717, 1.165) is 30.7 Å². The second kappa shape index (κ2) is 6.02. The van der Waals surface area contributed by atoms with Crippen molar-refractivity contribution >= 4 is 17.8 Å². The number of aryl methyl sites for hydroxylation is 1. The van der Waals surface area contributed by atoms with Crippen LogP contribution < -0.4 is 10.6 Å². The van der Waals surface area contributed by atoms with Gasteiger partial charge >= 0.3 is 6.03 Å². The molecule has 2 heterocycles. The molecule has 2 aliphatic rings. The molecule has 0 radical (unpaired) electrons. The molecule has 2 N–H and O–H groups in total. The molecule has 2 fully saturated rings. The Bertz CT molecular complexity index is 611. The summed E-state index contributed by atoms with van der Waals surface area (Å²) in [7, 11) is 0. The molecule has 3 rings (SSSR count). The minimum Gasteiger partial charge on any atom is -0.354 e. The number of urea groups is 1. The van der Waals surface area contributed by atoms with Crippen LogP contribution in [0.2, 0.25) is 0 Å². The van der Waals surface area contributed by atoms with Crippen molar-refractivity contribution in [3.63, 3.8) is 0 Å². The standard InChI is InChI=1S/C15H21N5O3/c1-15(11-3-4-11)13(22)20(14(23)18-15)9-12(21)17-5-2-7-19-8-6-16-10-19/h6,8,10-11H,2-5,7,9H2,1H3,(H,17,21)(H,18,23). The molecule has 0 spiro atoms. The molecule has 8 nitrogen and oxygen atoms in total. The van der Waals surface area contributed by atoms with E-state index in [-0.39, 0.29) is 24.3 Å². The Labute approximate surface area is 134 Å². The lowest BCUT2D eigenvalue weighted by Gasteiger charge is -2.20. The van der Waals surface area contributed by atoms with Crippen molar-refractivity contribution in [1.29, 1.82) is 0 Å². The molecule has 1 aliphatic heterocycles. The van der Waals surface area contributed by atoms with Gasteiger partial charge in [0.15, 0.2) is 0 Å². The maximum absolute atomic E-state index is 12.4. The van der Waals surface area contributed by atoms with Crippen molar-refractivity contribution in [2.24, 2.45) is 5.92 Å². The van der Waals surface area contributed by atoms with Gasteiger partial charge in [0.25, 0.3) is 5.91 Å². The normalized spacial score (nSPS) is 24.0. The van der Waals surface area contributed by atoms with Crippen LogP contribution in [0.15, 0.2) is 18.7 Å². The Balaban J connectivity index is 1.44. The van der Waals surface area contributed by atoms with E-state index in [9.17, 15) is 14.4 Å². The molecular formula is C15H21N5O3. The number of rotatable bonds is 7. The Morgan fingerprint density at radius 2 is 2.26 bits per heavy atom. The molecule has 124 valence electrons. The number of aromatic nitrogens is 2. The smallest absolute Gasteiger partial charge is 0.325 e. The first-order chi connectivity index (χ1) is 11.0. The average molecular weight is 319 g/mol. The number of amides is 4. The highest BCUT2D eigenvalue weighted by atomic mass is 16.2. The molecule has 4 amide bonds. The fourth-order valence-corrected chi connectivity index (χ4v) is 2.90. The lowest BCUT2D eigenvalue weighted by atomic mass is 9.96. The summed E-state index contributed by atoms with van der Waals surface area (Å²) in [5.74, 6) is -0.417. The van der Waals surface area contributed by atoms with Gasteiger partial charge in [-0.05, 0) is 32.1 Å². The highest BCUT2D eigenvalue weighted by Gasteiger charge is 2.56. The van der Waals surface area contributed by atoms with E-state index < -0.39 is 11.6 Å². The van der Waals surface area contributed by atoms with E-state index >= 15 is 0 Å². The summed E-state index contributed by atoms with van der Waals surface area (Å²) in [5, 5.41) is 5.47. The largest absolute Gasteiger partial charge is 0.354 e. The lowest BCUT2D eigenvalue weighted by Crippen LogP contribution is -2.47. The average Bonchev–Trinajstić information content (AvgIpc) is 3.21. The third-order valence-electron chi connectivity index (χ3n) is 4.47. The van der Waals surface area contributed by atoms with Crippen molar-refractivity contribution in [2.75, 3.05) is 13.1 Å². The van der Waals surface area contributed by atoms with Crippen molar-refractivity contribution in [2.45, 2.75) is 38.3 Å². The molecule has 0 aromatic carbocycles. The summed E-state index contributed by atoms with van der Waals surface area (Å²) < 4.78 is 1.92. The van der Waals surface area contributed by atoms with Gasteiger partial charge in [-0.2, -0.15) is 0 Å². The molecule has 1 saturated heterocycles. The van der Waals surface area contributed by atoms with Gasteiger partial charge in [-0.3, -0.25) is 14.5 Å². The van der Waals surface area contributed by atoms with Crippen LogP contribution in [-0.4, -0.2) is 50.9 Å². The molecule has 1 unspecified atom stereocenters. The number of carbonyl (C=O) groups is 3. The second-order valence-corrected chi connectivity index (χ2v) is 6.30. The van der Waals surface area contributed by atoms with Crippen molar-refractivity contribution < 1.29 is 14.4 Å². The van der Waals surface area contributed by atoms with Gasteiger partial charge in [0.2, 0.25) is 5.91 Å². The van der Waals surface area contributed by atoms with Crippen LogP contribution in [-0.2, 0) is 16.1 Å². The Kier molecular flexibility index (Phi) is 4.06. The molecule has 8 heteroatoms. The van der Waals surface area contributed by atoms with Gasteiger partial charge in [-0.15, -0.1) is 0 Å². The third kappa shape index (κ3) is 3.20. The second-order valence-electron chi connectivity index (χ2n) is 6.30. The van der Waals surface area contributed by atoms with Crippen LogP contribution in [0.3, 0.4) is 0 Å². The highest BCUT2D eigenvalue weighted by Crippen LogP contribution is 2.42. The van der Waals surface area contributed by atoms with Crippen LogP contribution in [0, 0.1) is 5.92 Å². The van der Waals surface area contributed by atoms with Gasteiger partial charge in [0.1, 0.15) is 12.1 Å². The van der Waals surface area contributed by atoms with Gasteiger partial charge in [0, 0.05) is 25.5 Å². The molecule has 0 bridgehead atoms. The lowest BCUT2D eigenvalue weighted by molar-refractivity contribution is -0.135. The van der Waals surface area contributed by atoms with Crippen LogP contribution in [0.1, 0.15) is 26.2 Å². The van der Waals surface area contributed by atoms with E-state index in [0.29, 0.717) is 6.54 Å². The van der Waals surface area contributed by atoms with Crippen molar-refractivity contribution in [3.8, 4) is 0 Å². The summed E-state index contributed by atoms with van der Waals surface area (Å²) in [6.07, 6.45) is 7.91. The number of nitrogens with one attached hydrogen (secondary N) is 2. The predicted octanol–water partition coefficient (Wildman–Crippen LogP) is 0.110. The van der Waals surface area contributed by atoms with E-state index in [2.05, 4.69) is 15.6 Å². The Morgan fingerprint density at radius 3 is 2.91 bits per heavy atom. The van der Waals surface area contributed by atoms with Gasteiger partial charge in [-0.1, -0.05) is 0 Å². The zero-order valence-electron chi connectivity index (χ0n) is 13.1. The topological polar surface area (TPSA) is 96.3 Å². The van der Waals surface area contributed by atoms with Crippen molar-refractivity contribution in [3.05, 3.63) is 18.7 Å². The molecule has 1 atom stereocenters. The minimum absolute atomic E-state index is 0.196. The summed E-state index contributed by atoms with van der Waals surface area (Å²) >= 11 is 0. The summed E-state index contributed by atoms with van der Waals surface area (Å²) in [5.41, 5.74) is -0.835. The van der Waals surface area contributed by atoms with Crippen LogP contribution in [0.4, 0.5) is 4.79 Å². The molecule has 1 aromatic rings. The fourth-order valence-electron chi connectivity index (χ4n) is 2.90. The monoisotopic (exact) mass is 319 g/mol. The van der Waals surface area contributed by atoms with Gasteiger partial charge in [-0.25, -0.2) is 9.78 Å². The number of nitrogens with zero attached hydrogens (tertiary/aromatic N) is 3. The van der Waals surface area contributed by atoms with E-state index in [1.54, 1.807) is 19.4 Å². The summed E-state index contributed by atoms with van der Waals surface area (Å²) in [6, 6.07) is -0.474. The SMILES string of the molecule is CC1(C2CC2)NC(=O)N(CC(=O)NCCCn2ccnc2)C1=O. The number of hydrogen-bond donors (Lipinski definition) is 2. The maximum Gasteiger partial charge on any atom is 0.325 e. The van der Waals surface area contributed by atoms with Crippen LogP contribution in [0.5, 0.6) is 0 Å². The molecule has 1 aliphatic carbocycles. The quantitative estimate of drug-likeness (QED) is 0.551. The van der Waals surface area contributed by atoms with Gasteiger partial charge < -0.3 is 15.2 Å². The van der Waals surface area contributed by atoms with Crippen LogP contribution in [0.25, 0.3) is 0 Å². The minimum atomic E-state index is -0.835. The highest BCUT2D eigenvalue weighted by molar-refractivity contribution is 6.09.